The summed E-state index contributed by atoms with van der Waals surface area (Å²) in [6.07, 6.45) is 1.62. The van der Waals surface area contributed by atoms with Gasteiger partial charge in [0.25, 0.3) is 5.56 Å². The van der Waals surface area contributed by atoms with Crippen LogP contribution in [0.2, 0.25) is 0 Å². The Bertz CT molecular complexity index is 1130. The van der Waals surface area contributed by atoms with Crippen molar-refractivity contribution in [3.63, 3.8) is 0 Å². The van der Waals surface area contributed by atoms with Crippen LogP contribution in [0.3, 0.4) is 0 Å². The summed E-state index contributed by atoms with van der Waals surface area (Å²) in [6, 6.07) is 15.9. The van der Waals surface area contributed by atoms with E-state index in [4.69, 9.17) is 4.74 Å². The van der Waals surface area contributed by atoms with Crippen LogP contribution >= 0.6 is 11.3 Å². The van der Waals surface area contributed by atoms with Gasteiger partial charge in [-0.1, -0.05) is 48.0 Å². The highest BCUT2D eigenvalue weighted by molar-refractivity contribution is 7.17. The third kappa shape index (κ3) is 2.91. The number of aryl methyl sites for hydroxylation is 1. The molecule has 0 aliphatic rings. The second-order valence-corrected chi connectivity index (χ2v) is 7.04. The minimum atomic E-state index is -0.0299. The highest BCUT2D eigenvalue weighted by Crippen LogP contribution is 2.31. The highest BCUT2D eigenvalue weighted by atomic mass is 32.1. The number of hydrogen-bond donors (Lipinski definition) is 0. The Kier molecular flexibility index (Phi) is 4.31. The second kappa shape index (κ2) is 6.77. The summed E-state index contributed by atoms with van der Waals surface area (Å²) in [5, 5.41) is 2.69. The number of fused-ring (bicyclic) bond motifs is 1. The van der Waals surface area contributed by atoms with Crippen LogP contribution in [0.1, 0.15) is 11.1 Å². The number of methoxy groups -OCH3 is 1. The number of thiophene rings is 1. The van der Waals surface area contributed by atoms with Gasteiger partial charge in [-0.05, 0) is 18.6 Å². The molecule has 5 heteroatoms. The molecular weight excluding hydrogens is 344 g/mol. The SMILES string of the molecule is COc1ccccc1Cn1cnc2scc(-c3ccc(C)cc3)c2c1=O. The first-order chi connectivity index (χ1) is 12.7. The van der Waals surface area contributed by atoms with Crippen LogP contribution in [0.5, 0.6) is 5.75 Å². The van der Waals surface area contributed by atoms with Crippen molar-refractivity contribution in [3.8, 4) is 16.9 Å². The van der Waals surface area contributed by atoms with Gasteiger partial charge < -0.3 is 4.74 Å². The third-order valence-corrected chi connectivity index (χ3v) is 5.34. The molecule has 0 N–H and O–H groups in total. The molecule has 0 amide bonds. The van der Waals surface area contributed by atoms with Gasteiger partial charge >= 0.3 is 0 Å². The predicted molar refractivity (Wildman–Crippen MR) is 106 cm³/mol. The molecule has 4 nitrogen and oxygen atoms in total. The molecule has 2 aromatic heterocycles. The van der Waals surface area contributed by atoms with Crippen molar-refractivity contribution in [2.24, 2.45) is 0 Å². The maximum atomic E-state index is 13.1. The van der Waals surface area contributed by atoms with Crippen molar-refractivity contribution in [3.05, 3.63) is 81.7 Å². The van der Waals surface area contributed by atoms with E-state index in [9.17, 15) is 4.79 Å². The average molecular weight is 362 g/mol. The van der Waals surface area contributed by atoms with E-state index in [1.807, 2.05) is 41.8 Å². The number of para-hydroxylation sites is 1. The van der Waals surface area contributed by atoms with Crippen LogP contribution < -0.4 is 10.3 Å². The molecular formula is C21H18N2O2S. The molecule has 2 aromatic carbocycles. The lowest BCUT2D eigenvalue weighted by Crippen LogP contribution is -2.21. The second-order valence-electron chi connectivity index (χ2n) is 6.19. The van der Waals surface area contributed by atoms with Crippen molar-refractivity contribution in [1.29, 1.82) is 0 Å². The molecule has 26 heavy (non-hydrogen) atoms. The van der Waals surface area contributed by atoms with Gasteiger partial charge in [-0.3, -0.25) is 9.36 Å². The van der Waals surface area contributed by atoms with E-state index >= 15 is 0 Å². The minimum Gasteiger partial charge on any atom is -0.496 e. The molecule has 0 aliphatic carbocycles. The van der Waals surface area contributed by atoms with E-state index in [1.165, 1.54) is 16.9 Å². The molecule has 0 fully saturated rings. The molecule has 0 radical (unpaired) electrons. The Hall–Kier alpha value is -2.92. The molecule has 4 aromatic rings. The normalized spacial score (nSPS) is 11.0. The van der Waals surface area contributed by atoms with Gasteiger partial charge in [-0.2, -0.15) is 0 Å². The topological polar surface area (TPSA) is 44.1 Å². The zero-order valence-electron chi connectivity index (χ0n) is 14.6. The van der Waals surface area contributed by atoms with Gasteiger partial charge in [0.2, 0.25) is 0 Å². The molecule has 0 saturated heterocycles. The van der Waals surface area contributed by atoms with Crippen LogP contribution in [0.15, 0.2) is 65.0 Å². The van der Waals surface area contributed by atoms with Crippen LogP contribution in [0, 0.1) is 6.92 Å². The Morgan fingerprint density at radius 3 is 2.65 bits per heavy atom. The molecule has 130 valence electrons. The minimum absolute atomic E-state index is 0.0299. The van der Waals surface area contributed by atoms with Gasteiger partial charge in [0.15, 0.2) is 0 Å². The van der Waals surface area contributed by atoms with Crippen LogP contribution in [-0.2, 0) is 6.54 Å². The van der Waals surface area contributed by atoms with Crippen molar-refractivity contribution < 1.29 is 4.74 Å². The number of rotatable bonds is 4. The van der Waals surface area contributed by atoms with E-state index in [2.05, 4.69) is 24.0 Å². The van der Waals surface area contributed by atoms with E-state index in [0.717, 1.165) is 27.3 Å². The zero-order chi connectivity index (χ0) is 18.1. The molecule has 0 aliphatic heterocycles. The molecule has 0 atom stereocenters. The lowest BCUT2D eigenvalue weighted by Gasteiger charge is -2.10. The number of ether oxygens (including phenoxy) is 1. The molecule has 2 heterocycles. The van der Waals surface area contributed by atoms with Crippen molar-refractivity contribution in [2.75, 3.05) is 7.11 Å². The Morgan fingerprint density at radius 1 is 1.12 bits per heavy atom. The quantitative estimate of drug-likeness (QED) is 0.537. The molecule has 0 unspecified atom stereocenters. The summed E-state index contributed by atoms with van der Waals surface area (Å²) in [6.45, 7) is 2.48. The van der Waals surface area contributed by atoms with Gasteiger partial charge in [-0.15, -0.1) is 11.3 Å². The first-order valence-corrected chi connectivity index (χ1v) is 9.21. The van der Waals surface area contributed by atoms with Crippen LogP contribution in [-0.4, -0.2) is 16.7 Å². The van der Waals surface area contributed by atoms with E-state index in [0.29, 0.717) is 11.9 Å². The Morgan fingerprint density at radius 2 is 1.88 bits per heavy atom. The summed E-state index contributed by atoms with van der Waals surface area (Å²) in [5.74, 6) is 0.767. The summed E-state index contributed by atoms with van der Waals surface area (Å²) >= 11 is 1.50. The van der Waals surface area contributed by atoms with Gasteiger partial charge in [-0.25, -0.2) is 4.98 Å². The van der Waals surface area contributed by atoms with Crippen LogP contribution in [0.25, 0.3) is 21.3 Å². The predicted octanol–water partition coefficient (Wildman–Crippen LogP) is 4.49. The molecule has 0 saturated carbocycles. The van der Waals surface area contributed by atoms with E-state index in [1.54, 1.807) is 18.0 Å². The standard InChI is InChI=1S/C21H18N2O2S/c1-14-7-9-15(10-8-14)17-12-26-20-19(17)21(24)23(13-22-20)11-16-5-3-4-6-18(16)25-2/h3-10,12-13H,11H2,1-2H3. The molecule has 4 rings (SSSR count). The number of benzene rings is 2. The maximum Gasteiger partial charge on any atom is 0.263 e. The molecule has 0 bridgehead atoms. The van der Waals surface area contributed by atoms with E-state index < -0.39 is 0 Å². The van der Waals surface area contributed by atoms with Gasteiger partial charge in [0.1, 0.15) is 10.6 Å². The largest absolute Gasteiger partial charge is 0.496 e. The fourth-order valence-electron chi connectivity index (χ4n) is 3.04. The average Bonchev–Trinajstić information content (AvgIpc) is 3.10. The number of aromatic nitrogens is 2. The van der Waals surface area contributed by atoms with Gasteiger partial charge in [0, 0.05) is 16.5 Å². The zero-order valence-corrected chi connectivity index (χ0v) is 15.4. The number of hydrogen-bond acceptors (Lipinski definition) is 4. The monoisotopic (exact) mass is 362 g/mol. The van der Waals surface area contributed by atoms with Crippen molar-refractivity contribution in [1.82, 2.24) is 9.55 Å². The Labute approximate surface area is 155 Å². The summed E-state index contributed by atoms with van der Waals surface area (Å²) in [4.78, 5) is 18.4. The maximum absolute atomic E-state index is 13.1. The molecule has 0 spiro atoms. The first kappa shape index (κ1) is 16.5. The summed E-state index contributed by atoms with van der Waals surface area (Å²) < 4.78 is 7.04. The Balaban J connectivity index is 1.83. The van der Waals surface area contributed by atoms with Crippen molar-refractivity contribution >= 4 is 21.6 Å². The summed E-state index contributed by atoms with van der Waals surface area (Å²) in [5.41, 5.74) is 4.09. The fraction of sp³-hybridized carbons (Fsp3) is 0.143. The van der Waals surface area contributed by atoms with Crippen molar-refractivity contribution in [2.45, 2.75) is 13.5 Å². The smallest absolute Gasteiger partial charge is 0.263 e. The highest BCUT2D eigenvalue weighted by Gasteiger charge is 2.14. The third-order valence-electron chi connectivity index (χ3n) is 4.46. The summed E-state index contributed by atoms with van der Waals surface area (Å²) in [7, 11) is 1.64. The number of nitrogens with zero attached hydrogens (tertiary/aromatic N) is 2. The van der Waals surface area contributed by atoms with Crippen LogP contribution in [0.4, 0.5) is 0 Å². The lowest BCUT2D eigenvalue weighted by atomic mass is 10.1. The fourth-order valence-corrected chi connectivity index (χ4v) is 3.95. The van der Waals surface area contributed by atoms with E-state index in [-0.39, 0.29) is 5.56 Å². The lowest BCUT2D eigenvalue weighted by molar-refractivity contribution is 0.408. The first-order valence-electron chi connectivity index (χ1n) is 8.33. The van der Waals surface area contributed by atoms with Gasteiger partial charge in [0.05, 0.1) is 25.4 Å².